The van der Waals surface area contributed by atoms with E-state index in [-0.39, 0.29) is 5.41 Å². The van der Waals surface area contributed by atoms with E-state index >= 15 is 0 Å². The molecule has 3 aliphatic rings. The van der Waals surface area contributed by atoms with Gasteiger partial charge in [0.15, 0.2) is 5.78 Å². The Morgan fingerprint density at radius 1 is 0.727 bits per heavy atom. The Bertz CT molecular complexity index is 775. The molecule has 0 aromatic heterocycles. The normalized spacial score (nSPS) is 20.8. The summed E-state index contributed by atoms with van der Waals surface area (Å²) in [4.78, 5) is 13.4. The molecular formula is C21H20O. The van der Waals surface area contributed by atoms with E-state index in [1.807, 2.05) is 0 Å². The van der Waals surface area contributed by atoms with Crippen molar-refractivity contribution < 1.29 is 4.79 Å². The number of ketones is 1. The van der Waals surface area contributed by atoms with Crippen LogP contribution in [-0.4, -0.2) is 5.78 Å². The number of hydrogen-bond donors (Lipinski definition) is 0. The third-order valence-electron chi connectivity index (χ3n) is 6.03. The number of aryl methyl sites for hydroxylation is 1. The number of fused-ring (bicyclic) bond motifs is 4. The number of carbonyl (C=O) groups excluding carboxylic acids is 1. The van der Waals surface area contributed by atoms with E-state index in [2.05, 4.69) is 36.4 Å². The molecule has 22 heavy (non-hydrogen) atoms. The highest BCUT2D eigenvalue weighted by atomic mass is 16.1. The number of Topliss-reactive ketones (excluding diaryl/α,β-unsaturated/α-hetero) is 1. The largest absolute Gasteiger partial charge is 0.293 e. The summed E-state index contributed by atoms with van der Waals surface area (Å²) in [6.07, 6.45) is 7.59. The van der Waals surface area contributed by atoms with Crippen LogP contribution in [0.3, 0.4) is 0 Å². The first kappa shape index (κ1) is 12.6. The third kappa shape index (κ3) is 1.57. The van der Waals surface area contributed by atoms with Gasteiger partial charge in [-0.05, 0) is 72.8 Å². The zero-order valence-electron chi connectivity index (χ0n) is 12.8. The van der Waals surface area contributed by atoms with Gasteiger partial charge in [0.2, 0.25) is 0 Å². The molecule has 0 N–H and O–H groups in total. The molecule has 1 nitrogen and oxygen atoms in total. The van der Waals surface area contributed by atoms with Crippen LogP contribution in [0.15, 0.2) is 36.4 Å². The topological polar surface area (TPSA) is 17.1 Å². The molecule has 0 radical (unpaired) electrons. The maximum Gasteiger partial charge on any atom is 0.170 e. The van der Waals surface area contributed by atoms with Crippen LogP contribution in [0.5, 0.6) is 0 Å². The van der Waals surface area contributed by atoms with Crippen molar-refractivity contribution in [2.24, 2.45) is 5.41 Å². The number of carbonyl (C=O) groups is 1. The van der Waals surface area contributed by atoms with E-state index in [0.717, 1.165) is 37.7 Å². The molecule has 1 heteroatoms. The average molecular weight is 288 g/mol. The molecule has 0 bridgehead atoms. The molecule has 110 valence electrons. The van der Waals surface area contributed by atoms with E-state index in [1.54, 1.807) is 0 Å². The maximum absolute atomic E-state index is 13.4. The van der Waals surface area contributed by atoms with E-state index in [1.165, 1.54) is 40.7 Å². The fraction of sp³-hybridized carbons (Fsp3) is 0.381. The molecule has 0 atom stereocenters. The number of rotatable bonds is 0. The third-order valence-corrected chi connectivity index (χ3v) is 6.03. The second kappa shape index (κ2) is 4.32. The predicted molar refractivity (Wildman–Crippen MR) is 87.4 cm³/mol. The van der Waals surface area contributed by atoms with Crippen molar-refractivity contribution >= 4 is 5.78 Å². The zero-order chi connectivity index (χ0) is 14.7. The van der Waals surface area contributed by atoms with Gasteiger partial charge in [0.05, 0.1) is 0 Å². The van der Waals surface area contributed by atoms with Gasteiger partial charge in [-0.25, -0.2) is 0 Å². The minimum absolute atomic E-state index is 0.168. The molecule has 0 aliphatic heterocycles. The van der Waals surface area contributed by atoms with Gasteiger partial charge in [-0.2, -0.15) is 0 Å². The second-order valence-electron chi connectivity index (χ2n) is 7.35. The highest BCUT2D eigenvalue weighted by Gasteiger charge is 2.49. The van der Waals surface area contributed by atoms with E-state index in [9.17, 15) is 4.79 Å². The van der Waals surface area contributed by atoms with E-state index in [0.29, 0.717) is 5.78 Å². The summed E-state index contributed by atoms with van der Waals surface area (Å²) < 4.78 is 0. The summed E-state index contributed by atoms with van der Waals surface area (Å²) in [6, 6.07) is 13.2. The van der Waals surface area contributed by atoms with Crippen molar-refractivity contribution in [3.05, 3.63) is 69.8 Å². The van der Waals surface area contributed by atoms with Gasteiger partial charge in [-0.1, -0.05) is 36.4 Å². The summed E-state index contributed by atoms with van der Waals surface area (Å²) >= 11 is 0. The molecule has 0 saturated heterocycles. The molecule has 0 unspecified atom stereocenters. The lowest BCUT2D eigenvalue weighted by molar-refractivity contribution is 0.0830. The first-order valence-electron chi connectivity index (χ1n) is 8.52. The molecule has 0 amide bonds. The minimum Gasteiger partial charge on any atom is -0.293 e. The van der Waals surface area contributed by atoms with Gasteiger partial charge < -0.3 is 0 Å². The lowest BCUT2D eigenvalue weighted by Crippen LogP contribution is -2.29. The zero-order valence-corrected chi connectivity index (χ0v) is 12.8. The molecule has 0 heterocycles. The van der Waals surface area contributed by atoms with E-state index in [4.69, 9.17) is 0 Å². The average Bonchev–Trinajstić information content (AvgIpc) is 3.05. The van der Waals surface area contributed by atoms with Crippen LogP contribution in [0.4, 0.5) is 0 Å². The minimum atomic E-state index is -0.168. The molecule has 3 aliphatic carbocycles. The monoisotopic (exact) mass is 288 g/mol. The summed E-state index contributed by atoms with van der Waals surface area (Å²) in [7, 11) is 0. The molecule has 0 saturated carbocycles. The van der Waals surface area contributed by atoms with Crippen LogP contribution in [0.2, 0.25) is 0 Å². The quantitative estimate of drug-likeness (QED) is 0.713. The SMILES string of the molecule is O=C1c2c(ccc3c2CCCC3)CC12Cc1ccccc1C2. The lowest BCUT2D eigenvalue weighted by Gasteiger charge is -2.21. The first-order valence-corrected chi connectivity index (χ1v) is 8.52. The summed E-state index contributed by atoms with van der Waals surface area (Å²) in [6.45, 7) is 0. The van der Waals surface area contributed by atoms with Gasteiger partial charge in [0, 0.05) is 11.0 Å². The van der Waals surface area contributed by atoms with Crippen molar-refractivity contribution in [1.29, 1.82) is 0 Å². The Balaban J connectivity index is 1.62. The van der Waals surface area contributed by atoms with E-state index < -0.39 is 0 Å². The van der Waals surface area contributed by atoms with Crippen LogP contribution in [0.25, 0.3) is 0 Å². The molecular weight excluding hydrogens is 268 g/mol. The Hall–Kier alpha value is -1.89. The van der Waals surface area contributed by atoms with Crippen LogP contribution >= 0.6 is 0 Å². The van der Waals surface area contributed by atoms with Gasteiger partial charge in [-0.15, -0.1) is 0 Å². The summed E-state index contributed by atoms with van der Waals surface area (Å²) in [5.74, 6) is 0.442. The van der Waals surface area contributed by atoms with Gasteiger partial charge in [0.1, 0.15) is 0 Å². The predicted octanol–water partition coefficient (Wildman–Crippen LogP) is 4.09. The smallest absolute Gasteiger partial charge is 0.170 e. The molecule has 5 rings (SSSR count). The van der Waals surface area contributed by atoms with Gasteiger partial charge in [0.25, 0.3) is 0 Å². The van der Waals surface area contributed by atoms with Crippen molar-refractivity contribution in [1.82, 2.24) is 0 Å². The fourth-order valence-corrected chi connectivity index (χ4v) is 5.00. The van der Waals surface area contributed by atoms with Crippen molar-refractivity contribution in [2.45, 2.75) is 44.9 Å². The highest BCUT2D eigenvalue weighted by Crippen LogP contribution is 2.48. The lowest BCUT2D eigenvalue weighted by atomic mass is 9.80. The second-order valence-corrected chi connectivity index (χ2v) is 7.35. The van der Waals surface area contributed by atoms with Crippen LogP contribution in [0, 0.1) is 5.41 Å². The van der Waals surface area contributed by atoms with Crippen LogP contribution < -0.4 is 0 Å². The fourth-order valence-electron chi connectivity index (χ4n) is 5.00. The Morgan fingerprint density at radius 3 is 2.14 bits per heavy atom. The van der Waals surface area contributed by atoms with Crippen molar-refractivity contribution in [3.8, 4) is 0 Å². The Labute approximate surface area is 131 Å². The van der Waals surface area contributed by atoms with Crippen molar-refractivity contribution in [2.75, 3.05) is 0 Å². The number of benzene rings is 2. The highest BCUT2D eigenvalue weighted by molar-refractivity contribution is 6.07. The molecule has 2 aromatic carbocycles. The van der Waals surface area contributed by atoms with Crippen molar-refractivity contribution in [3.63, 3.8) is 0 Å². The first-order chi connectivity index (χ1) is 10.8. The molecule has 2 aromatic rings. The molecule has 1 spiro atoms. The maximum atomic E-state index is 13.4. The van der Waals surface area contributed by atoms with Crippen LogP contribution in [0.1, 0.15) is 51.0 Å². The summed E-state index contributed by atoms with van der Waals surface area (Å²) in [5, 5.41) is 0. The summed E-state index contributed by atoms with van der Waals surface area (Å²) in [5.41, 5.74) is 7.87. The van der Waals surface area contributed by atoms with Gasteiger partial charge >= 0.3 is 0 Å². The standard InChI is InChI=1S/C21H20O/c22-20-19-17(10-9-14-5-3-4-8-18(14)19)13-21(20)11-15-6-1-2-7-16(15)12-21/h1-2,6-7,9-10H,3-5,8,11-13H2. The Morgan fingerprint density at radius 2 is 1.36 bits per heavy atom. The van der Waals surface area contributed by atoms with Crippen LogP contribution in [-0.2, 0) is 32.1 Å². The Kier molecular flexibility index (Phi) is 2.48. The van der Waals surface area contributed by atoms with Gasteiger partial charge in [-0.3, -0.25) is 4.79 Å². The molecule has 0 fully saturated rings. The number of hydrogen-bond acceptors (Lipinski definition) is 1.